The van der Waals surface area contributed by atoms with E-state index in [2.05, 4.69) is 15.9 Å². The first-order valence-corrected chi connectivity index (χ1v) is 5.84. The minimum Gasteiger partial charge on any atom is -0.506 e. The molecule has 0 aromatic heterocycles. The third-order valence-electron chi connectivity index (χ3n) is 2.77. The fraction of sp³-hybridized carbons (Fsp3) is 0.417. The zero-order chi connectivity index (χ0) is 12.5. The highest BCUT2D eigenvalue weighted by atomic mass is 79.9. The third kappa shape index (κ3) is 2.55. The Labute approximate surface area is 103 Å². The summed E-state index contributed by atoms with van der Waals surface area (Å²) in [4.78, 5) is 10.8. The molecule has 0 bridgehead atoms. The van der Waals surface area contributed by atoms with E-state index in [1.165, 1.54) is 0 Å². The van der Waals surface area contributed by atoms with Crippen LogP contribution < -0.4 is 0 Å². The molecule has 1 aromatic carbocycles. The summed E-state index contributed by atoms with van der Waals surface area (Å²) < 4.78 is 0.653. The van der Waals surface area contributed by atoms with Crippen molar-refractivity contribution in [2.45, 2.75) is 27.2 Å². The molecule has 0 spiro atoms. The van der Waals surface area contributed by atoms with E-state index in [-0.39, 0.29) is 5.75 Å². The molecule has 0 aliphatic carbocycles. The lowest BCUT2D eigenvalue weighted by Crippen LogP contribution is -2.12. The van der Waals surface area contributed by atoms with Gasteiger partial charge in [0, 0.05) is 0 Å². The van der Waals surface area contributed by atoms with E-state index >= 15 is 0 Å². The third-order valence-corrected chi connectivity index (χ3v) is 3.74. The molecule has 0 radical (unpaired) electrons. The van der Waals surface area contributed by atoms with Crippen LogP contribution in [-0.2, 0) is 11.2 Å². The first-order chi connectivity index (χ1) is 7.34. The molecule has 3 nitrogen and oxygen atoms in total. The molecule has 1 rings (SSSR count). The summed E-state index contributed by atoms with van der Waals surface area (Å²) in [7, 11) is 0. The van der Waals surface area contributed by atoms with Crippen molar-refractivity contribution in [3.8, 4) is 5.75 Å². The van der Waals surface area contributed by atoms with Gasteiger partial charge < -0.3 is 10.2 Å². The lowest BCUT2D eigenvalue weighted by atomic mass is 9.97. The van der Waals surface area contributed by atoms with Crippen molar-refractivity contribution in [3.05, 3.63) is 27.2 Å². The number of carboxylic acid groups (broad SMARTS) is 1. The maximum atomic E-state index is 10.8. The maximum Gasteiger partial charge on any atom is 0.306 e. The molecule has 2 N–H and O–H groups in total. The van der Waals surface area contributed by atoms with Crippen LogP contribution in [0.25, 0.3) is 0 Å². The number of aromatic hydroxyl groups is 1. The van der Waals surface area contributed by atoms with Gasteiger partial charge in [0.2, 0.25) is 0 Å². The molecular weight excluding hydrogens is 272 g/mol. The molecule has 0 aliphatic rings. The van der Waals surface area contributed by atoms with Crippen molar-refractivity contribution in [1.82, 2.24) is 0 Å². The van der Waals surface area contributed by atoms with Crippen LogP contribution >= 0.6 is 15.9 Å². The zero-order valence-corrected chi connectivity index (χ0v) is 11.1. The molecule has 0 amide bonds. The molecule has 0 fully saturated rings. The first-order valence-electron chi connectivity index (χ1n) is 5.05. The highest BCUT2D eigenvalue weighted by Crippen LogP contribution is 2.34. The van der Waals surface area contributed by atoms with Gasteiger partial charge in [0.1, 0.15) is 5.75 Å². The summed E-state index contributed by atoms with van der Waals surface area (Å²) in [6, 6.07) is 1.84. The van der Waals surface area contributed by atoms with Crippen LogP contribution in [-0.4, -0.2) is 16.2 Å². The Bertz CT molecular complexity index is 427. The number of halogens is 1. The largest absolute Gasteiger partial charge is 0.506 e. The molecule has 0 aliphatic heterocycles. The second kappa shape index (κ2) is 4.87. The Morgan fingerprint density at radius 2 is 2.06 bits per heavy atom. The van der Waals surface area contributed by atoms with Crippen LogP contribution in [0, 0.1) is 19.8 Å². The minimum absolute atomic E-state index is 0.149. The summed E-state index contributed by atoms with van der Waals surface area (Å²) >= 11 is 3.31. The van der Waals surface area contributed by atoms with E-state index in [0.717, 1.165) is 11.1 Å². The Morgan fingerprint density at radius 3 is 2.56 bits per heavy atom. The SMILES string of the molecule is Cc1cc(CC(C)C(=O)O)c(O)c(Br)c1C. The van der Waals surface area contributed by atoms with Gasteiger partial charge in [-0.05, 0) is 52.9 Å². The number of phenols is 1. The van der Waals surface area contributed by atoms with Crippen LogP contribution in [0.4, 0.5) is 0 Å². The molecule has 1 aromatic rings. The maximum absolute atomic E-state index is 10.8. The van der Waals surface area contributed by atoms with Crippen molar-refractivity contribution < 1.29 is 15.0 Å². The number of phenolic OH excluding ortho intramolecular Hbond substituents is 1. The van der Waals surface area contributed by atoms with Gasteiger partial charge in [0.15, 0.2) is 0 Å². The van der Waals surface area contributed by atoms with Crippen LogP contribution in [0.5, 0.6) is 5.75 Å². The smallest absolute Gasteiger partial charge is 0.306 e. The van der Waals surface area contributed by atoms with Gasteiger partial charge in [-0.3, -0.25) is 4.79 Å². The van der Waals surface area contributed by atoms with E-state index in [9.17, 15) is 9.90 Å². The van der Waals surface area contributed by atoms with Crippen LogP contribution in [0.15, 0.2) is 10.5 Å². The number of aliphatic carboxylic acids is 1. The quantitative estimate of drug-likeness (QED) is 0.898. The van der Waals surface area contributed by atoms with E-state index in [1.54, 1.807) is 6.92 Å². The molecule has 0 heterocycles. The van der Waals surface area contributed by atoms with Gasteiger partial charge in [-0.15, -0.1) is 0 Å². The number of hydrogen-bond acceptors (Lipinski definition) is 2. The number of benzene rings is 1. The van der Waals surface area contributed by atoms with Crippen molar-refractivity contribution in [1.29, 1.82) is 0 Å². The molecule has 1 atom stereocenters. The zero-order valence-electron chi connectivity index (χ0n) is 9.54. The van der Waals surface area contributed by atoms with Crippen molar-refractivity contribution in [2.75, 3.05) is 0 Å². The fourth-order valence-corrected chi connectivity index (χ4v) is 2.07. The number of hydrogen-bond donors (Lipinski definition) is 2. The Kier molecular flexibility index (Phi) is 3.97. The van der Waals surface area contributed by atoms with E-state index in [4.69, 9.17) is 5.11 Å². The summed E-state index contributed by atoms with van der Waals surface area (Å²) in [6.45, 7) is 5.48. The lowest BCUT2D eigenvalue weighted by molar-refractivity contribution is -0.141. The van der Waals surface area contributed by atoms with Gasteiger partial charge in [-0.1, -0.05) is 13.0 Å². The molecule has 4 heteroatoms. The fourth-order valence-electron chi connectivity index (χ4n) is 1.50. The van der Waals surface area contributed by atoms with Gasteiger partial charge in [-0.25, -0.2) is 0 Å². The van der Waals surface area contributed by atoms with Gasteiger partial charge in [0.05, 0.1) is 10.4 Å². The Balaban J connectivity index is 3.11. The normalized spacial score (nSPS) is 12.5. The van der Waals surface area contributed by atoms with E-state index in [1.807, 2.05) is 19.9 Å². The van der Waals surface area contributed by atoms with Crippen LogP contribution in [0.3, 0.4) is 0 Å². The second-order valence-corrected chi connectivity index (χ2v) is 4.88. The highest BCUT2D eigenvalue weighted by molar-refractivity contribution is 9.10. The lowest BCUT2D eigenvalue weighted by Gasteiger charge is -2.13. The van der Waals surface area contributed by atoms with Crippen molar-refractivity contribution in [3.63, 3.8) is 0 Å². The van der Waals surface area contributed by atoms with Crippen LogP contribution in [0.1, 0.15) is 23.6 Å². The predicted molar refractivity (Wildman–Crippen MR) is 65.8 cm³/mol. The molecular formula is C12H15BrO3. The average molecular weight is 287 g/mol. The van der Waals surface area contributed by atoms with Crippen molar-refractivity contribution >= 4 is 21.9 Å². The minimum atomic E-state index is -0.853. The van der Waals surface area contributed by atoms with E-state index in [0.29, 0.717) is 16.5 Å². The number of carbonyl (C=O) groups is 1. The first kappa shape index (κ1) is 13.0. The summed E-state index contributed by atoms with van der Waals surface area (Å²) in [5.41, 5.74) is 2.69. The number of rotatable bonds is 3. The number of carboxylic acids is 1. The van der Waals surface area contributed by atoms with E-state index < -0.39 is 11.9 Å². The molecule has 88 valence electrons. The summed E-state index contributed by atoms with van der Waals surface area (Å²) in [5.74, 6) is -1.20. The molecule has 16 heavy (non-hydrogen) atoms. The average Bonchev–Trinajstić information content (AvgIpc) is 2.22. The number of aryl methyl sites for hydroxylation is 1. The van der Waals surface area contributed by atoms with Gasteiger partial charge in [0.25, 0.3) is 0 Å². The monoisotopic (exact) mass is 286 g/mol. The Hall–Kier alpha value is -1.03. The second-order valence-electron chi connectivity index (χ2n) is 4.08. The molecule has 1 unspecified atom stereocenters. The summed E-state index contributed by atoms with van der Waals surface area (Å²) in [6.07, 6.45) is 0.334. The van der Waals surface area contributed by atoms with Crippen molar-refractivity contribution in [2.24, 2.45) is 5.92 Å². The topological polar surface area (TPSA) is 57.5 Å². The summed E-state index contributed by atoms with van der Waals surface area (Å²) in [5, 5.41) is 18.7. The highest BCUT2D eigenvalue weighted by Gasteiger charge is 2.17. The van der Waals surface area contributed by atoms with Crippen LogP contribution in [0.2, 0.25) is 0 Å². The van der Waals surface area contributed by atoms with Gasteiger partial charge in [-0.2, -0.15) is 0 Å². The predicted octanol–water partition coefficient (Wildman–Crippen LogP) is 3.03. The Morgan fingerprint density at radius 1 is 1.50 bits per heavy atom. The molecule has 0 saturated carbocycles. The molecule has 0 saturated heterocycles. The standard InChI is InChI=1S/C12H15BrO3/c1-6-4-9(5-7(2)12(15)16)11(14)10(13)8(6)3/h4,7,14H,5H2,1-3H3,(H,15,16). The van der Waals surface area contributed by atoms with Gasteiger partial charge >= 0.3 is 5.97 Å².